The first kappa shape index (κ1) is 18.2. The van der Waals surface area contributed by atoms with Crippen molar-refractivity contribution in [3.8, 4) is 11.1 Å². The van der Waals surface area contributed by atoms with Crippen molar-refractivity contribution in [1.29, 1.82) is 0 Å². The number of pyridine rings is 1. The van der Waals surface area contributed by atoms with Gasteiger partial charge in [-0.1, -0.05) is 19.9 Å². The van der Waals surface area contributed by atoms with Gasteiger partial charge in [-0.25, -0.2) is 4.52 Å². The topological polar surface area (TPSA) is 115 Å². The Morgan fingerprint density at radius 2 is 2.13 bits per heavy atom. The van der Waals surface area contributed by atoms with Crippen molar-refractivity contribution in [2.75, 3.05) is 22.9 Å². The molecule has 9 nitrogen and oxygen atoms in total. The lowest BCUT2D eigenvalue weighted by atomic mass is 9.87. The molecule has 4 N–H and O–H groups in total. The summed E-state index contributed by atoms with van der Waals surface area (Å²) in [6.45, 7) is 5.42. The molecule has 0 saturated carbocycles. The van der Waals surface area contributed by atoms with Gasteiger partial charge in [0.15, 0.2) is 5.65 Å². The van der Waals surface area contributed by atoms with Gasteiger partial charge in [0.2, 0.25) is 11.9 Å². The van der Waals surface area contributed by atoms with E-state index in [0.717, 1.165) is 29.0 Å². The Morgan fingerprint density at radius 1 is 1.27 bits per heavy atom. The van der Waals surface area contributed by atoms with Crippen LogP contribution in [-0.2, 0) is 16.8 Å². The van der Waals surface area contributed by atoms with Crippen molar-refractivity contribution in [1.82, 2.24) is 24.4 Å². The number of rotatable bonds is 4. The quantitative estimate of drug-likeness (QED) is 0.483. The predicted octanol–water partition coefficient (Wildman–Crippen LogP) is 2.52. The number of nitrogens with two attached hydrogens (primary N) is 1. The fourth-order valence-electron chi connectivity index (χ4n) is 3.79. The van der Waals surface area contributed by atoms with Crippen molar-refractivity contribution in [3.63, 3.8) is 0 Å². The standard InChI is InChI=1S/C21H22N8O/c1-21(2)12-23-17-8-15(3-4-16(17)21)25-19(30)11-28-10-14(9-24-28)13-5-6-29-18(7-13)26-20(22)27-29/h3-10,23H,11-12H2,1-2H3,(H2,22,27)(H,25,30). The summed E-state index contributed by atoms with van der Waals surface area (Å²) in [5.74, 6) is 0.0902. The highest BCUT2D eigenvalue weighted by Crippen LogP contribution is 2.37. The van der Waals surface area contributed by atoms with E-state index in [-0.39, 0.29) is 23.8 Å². The van der Waals surface area contributed by atoms with E-state index >= 15 is 0 Å². The van der Waals surface area contributed by atoms with Crippen molar-refractivity contribution in [2.45, 2.75) is 25.8 Å². The number of carbonyl (C=O) groups excluding carboxylic acids is 1. The minimum atomic E-state index is -0.137. The lowest BCUT2D eigenvalue weighted by Crippen LogP contribution is -2.19. The van der Waals surface area contributed by atoms with E-state index in [1.807, 2.05) is 30.5 Å². The first-order chi connectivity index (χ1) is 14.4. The fraction of sp³-hybridized carbons (Fsp3) is 0.238. The molecule has 0 fully saturated rings. The molecule has 0 atom stereocenters. The Kier molecular flexibility index (Phi) is 3.99. The molecule has 0 bridgehead atoms. The molecule has 0 radical (unpaired) electrons. The highest BCUT2D eigenvalue weighted by molar-refractivity contribution is 5.91. The highest BCUT2D eigenvalue weighted by atomic mass is 16.2. The number of nitrogens with zero attached hydrogens (tertiary/aromatic N) is 5. The van der Waals surface area contributed by atoms with Crippen LogP contribution in [0.15, 0.2) is 48.9 Å². The van der Waals surface area contributed by atoms with Gasteiger partial charge < -0.3 is 16.4 Å². The molecule has 1 aliphatic heterocycles. The molecular weight excluding hydrogens is 380 g/mol. The largest absolute Gasteiger partial charge is 0.384 e. The Balaban J connectivity index is 1.28. The third kappa shape index (κ3) is 3.24. The Hall–Kier alpha value is -3.88. The number of amides is 1. The van der Waals surface area contributed by atoms with E-state index in [4.69, 9.17) is 5.73 Å². The number of nitrogens with one attached hydrogen (secondary N) is 2. The molecule has 0 saturated heterocycles. The Bertz CT molecular complexity index is 1270. The monoisotopic (exact) mass is 402 g/mol. The van der Waals surface area contributed by atoms with E-state index in [1.54, 1.807) is 21.6 Å². The van der Waals surface area contributed by atoms with E-state index in [1.165, 1.54) is 5.56 Å². The molecule has 4 heterocycles. The second kappa shape index (κ2) is 6.58. The smallest absolute Gasteiger partial charge is 0.246 e. The van der Waals surface area contributed by atoms with Crippen LogP contribution in [0.3, 0.4) is 0 Å². The number of hydrogen-bond donors (Lipinski definition) is 3. The van der Waals surface area contributed by atoms with Gasteiger partial charge in [-0.2, -0.15) is 10.1 Å². The number of fused-ring (bicyclic) bond motifs is 2. The molecule has 5 rings (SSSR count). The number of aromatic nitrogens is 5. The van der Waals surface area contributed by atoms with Crippen LogP contribution >= 0.6 is 0 Å². The molecule has 1 amide bonds. The lowest BCUT2D eigenvalue weighted by Gasteiger charge is -2.17. The average Bonchev–Trinajstić information content (AvgIpc) is 3.38. The molecule has 3 aromatic heterocycles. The zero-order valence-electron chi connectivity index (χ0n) is 16.8. The first-order valence-corrected chi connectivity index (χ1v) is 9.70. The zero-order chi connectivity index (χ0) is 20.9. The number of nitrogen functional groups attached to an aromatic ring is 1. The van der Waals surface area contributed by atoms with Gasteiger partial charge in [0.05, 0.1) is 6.20 Å². The summed E-state index contributed by atoms with van der Waals surface area (Å²) >= 11 is 0. The summed E-state index contributed by atoms with van der Waals surface area (Å²) in [4.78, 5) is 16.7. The maximum absolute atomic E-state index is 12.5. The van der Waals surface area contributed by atoms with Crippen LogP contribution < -0.4 is 16.4 Å². The van der Waals surface area contributed by atoms with E-state index < -0.39 is 0 Å². The molecule has 0 unspecified atom stereocenters. The highest BCUT2D eigenvalue weighted by Gasteiger charge is 2.29. The maximum atomic E-state index is 12.5. The van der Waals surface area contributed by atoms with Crippen molar-refractivity contribution < 1.29 is 4.79 Å². The summed E-state index contributed by atoms with van der Waals surface area (Å²) in [5.41, 5.74) is 11.3. The maximum Gasteiger partial charge on any atom is 0.246 e. The minimum Gasteiger partial charge on any atom is -0.384 e. The summed E-state index contributed by atoms with van der Waals surface area (Å²) in [7, 11) is 0. The van der Waals surface area contributed by atoms with Gasteiger partial charge in [-0.05, 0) is 35.4 Å². The van der Waals surface area contributed by atoms with Crippen LogP contribution in [0.2, 0.25) is 0 Å². The minimum absolute atomic E-state index is 0.102. The molecule has 4 aromatic rings. The van der Waals surface area contributed by atoms with Crippen LogP contribution in [0.25, 0.3) is 16.8 Å². The first-order valence-electron chi connectivity index (χ1n) is 9.70. The van der Waals surface area contributed by atoms with Crippen molar-refractivity contribution >= 4 is 28.9 Å². The second-order valence-electron chi connectivity index (χ2n) is 8.16. The molecule has 9 heteroatoms. The van der Waals surface area contributed by atoms with E-state index in [0.29, 0.717) is 5.65 Å². The molecule has 1 aromatic carbocycles. The van der Waals surface area contributed by atoms with Crippen LogP contribution in [0.1, 0.15) is 19.4 Å². The number of benzene rings is 1. The summed E-state index contributed by atoms with van der Waals surface area (Å²) in [6, 6.07) is 9.78. The van der Waals surface area contributed by atoms with Crippen LogP contribution in [-0.4, -0.2) is 36.8 Å². The van der Waals surface area contributed by atoms with E-state index in [2.05, 4.69) is 45.7 Å². The average molecular weight is 402 g/mol. The van der Waals surface area contributed by atoms with Crippen LogP contribution in [0, 0.1) is 0 Å². The third-order valence-corrected chi connectivity index (χ3v) is 5.38. The van der Waals surface area contributed by atoms with Crippen molar-refractivity contribution in [2.24, 2.45) is 0 Å². The molecule has 0 spiro atoms. The van der Waals surface area contributed by atoms with Gasteiger partial charge in [-0.3, -0.25) is 9.48 Å². The summed E-state index contributed by atoms with van der Waals surface area (Å²) in [6.07, 6.45) is 5.35. The zero-order valence-corrected chi connectivity index (χ0v) is 16.8. The normalized spacial score (nSPS) is 14.5. The van der Waals surface area contributed by atoms with Gasteiger partial charge in [-0.15, -0.1) is 5.10 Å². The Labute approximate surface area is 172 Å². The molecule has 1 aliphatic rings. The van der Waals surface area contributed by atoms with Gasteiger partial charge >= 0.3 is 0 Å². The SMILES string of the molecule is CC1(C)CNc2cc(NC(=O)Cn3cc(-c4ccn5nc(N)nc5c4)cn3)ccc21. The summed E-state index contributed by atoms with van der Waals surface area (Å²) in [5, 5.41) is 14.7. The number of hydrogen-bond acceptors (Lipinski definition) is 6. The van der Waals surface area contributed by atoms with Crippen LogP contribution in [0.4, 0.5) is 17.3 Å². The number of anilines is 3. The second-order valence-corrected chi connectivity index (χ2v) is 8.16. The Morgan fingerprint density at radius 3 is 3.00 bits per heavy atom. The molecule has 0 aliphatic carbocycles. The number of carbonyl (C=O) groups is 1. The fourth-order valence-corrected chi connectivity index (χ4v) is 3.79. The van der Waals surface area contributed by atoms with Crippen molar-refractivity contribution in [3.05, 3.63) is 54.5 Å². The van der Waals surface area contributed by atoms with Crippen LogP contribution in [0.5, 0.6) is 0 Å². The summed E-state index contributed by atoms with van der Waals surface area (Å²) < 4.78 is 3.23. The van der Waals surface area contributed by atoms with Gasteiger partial charge in [0.25, 0.3) is 0 Å². The lowest BCUT2D eigenvalue weighted by molar-refractivity contribution is -0.116. The molecule has 30 heavy (non-hydrogen) atoms. The van der Waals surface area contributed by atoms with E-state index in [9.17, 15) is 4.79 Å². The molecular formula is C21H22N8O. The van der Waals surface area contributed by atoms with Gasteiger partial charge in [0.1, 0.15) is 6.54 Å². The van der Waals surface area contributed by atoms with Gasteiger partial charge in [0, 0.05) is 41.3 Å². The third-order valence-electron chi connectivity index (χ3n) is 5.38. The predicted molar refractivity (Wildman–Crippen MR) is 115 cm³/mol. The molecule has 152 valence electrons.